The van der Waals surface area contributed by atoms with E-state index < -0.39 is 11.7 Å². The highest BCUT2D eigenvalue weighted by molar-refractivity contribution is 6.04. The zero-order valence-electron chi connectivity index (χ0n) is 10.6. The molecule has 1 aromatic carbocycles. The second-order valence-electron chi connectivity index (χ2n) is 5.00. The molecule has 0 radical (unpaired) electrons. The summed E-state index contributed by atoms with van der Waals surface area (Å²) in [5, 5.41) is 0. The minimum Gasteiger partial charge on any atom is -0.497 e. The highest BCUT2D eigenvalue weighted by Gasteiger charge is 2.48. The number of fused-ring (bicyclic) bond motifs is 2. The Balaban J connectivity index is 2.06. The number of ketones is 1. The molecule has 4 heteroatoms. The second-order valence-corrected chi connectivity index (χ2v) is 5.00. The molecule has 2 heterocycles. The lowest BCUT2D eigenvalue weighted by molar-refractivity contribution is -0.106. The standard InChI is InChI=1S/C14H16O4/c1-14-6-3-7-17-13(14)12(15)10-8-9(16-2)4-5-11(10)18-14/h4-5,8,13H,3,6-7H2,1-2H3/t13-,14-/m0/s1. The van der Waals surface area contributed by atoms with Gasteiger partial charge in [0.2, 0.25) is 0 Å². The van der Waals surface area contributed by atoms with Gasteiger partial charge in [0.15, 0.2) is 11.9 Å². The number of ether oxygens (including phenoxy) is 3. The van der Waals surface area contributed by atoms with Crippen LogP contribution < -0.4 is 9.47 Å². The fourth-order valence-electron chi connectivity index (χ4n) is 2.70. The first kappa shape index (κ1) is 11.5. The summed E-state index contributed by atoms with van der Waals surface area (Å²) in [5.74, 6) is 1.28. The quantitative estimate of drug-likeness (QED) is 0.764. The predicted molar refractivity (Wildman–Crippen MR) is 65.3 cm³/mol. The van der Waals surface area contributed by atoms with E-state index >= 15 is 0 Å². The number of methoxy groups -OCH3 is 1. The molecule has 2 aliphatic heterocycles. The Labute approximate surface area is 106 Å². The zero-order valence-corrected chi connectivity index (χ0v) is 10.6. The molecule has 0 saturated carbocycles. The molecule has 0 bridgehead atoms. The van der Waals surface area contributed by atoms with Crippen molar-refractivity contribution in [2.45, 2.75) is 31.5 Å². The molecule has 3 rings (SSSR count). The summed E-state index contributed by atoms with van der Waals surface area (Å²) in [5.41, 5.74) is 0.0235. The summed E-state index contributed by atoms with van der Waals surface area (Å²) in [4.78, 5) is 12.5. The van der Waals surface area contributed by atoms with Crippen molar-refractivity contribution in [2.75, 3.05) is 13.7 Å². The van der Waals surface area contributed by atoms with Crippen LogP contribution in [0.15, 0.2) is 18.2 Å². The summed E-state index contributed by atoms with van der Waals surface area (Å²) < 4.78 is 16.7. The van der Waals surface area contributed by atoms with E-state index in [1.165, 1.54) is 0 Å². The minimum atomic E-state index is -0.531. The molecule has 0 aromatic heterocycles. The van der Waals surface area contributed by atoms with Crippen LogP contribution in [0.3, 0.4) is 0 Å². The molecule has 0 aliphatic carbocycles. The van der Waals surface area contributed by atoms with Crippen LogP contribution in [0, 0.1) is 0 Å². The van der Waals surface area contributed by atoms with Crippen molar-refractivity contribution in [1.29, 1.82) is 0 Å². The van der Waals surface area contributed by atoms with Gasteiger partial charge in [0.25, 0.3) is 0 Å². The fourth-order valence-corrected chi connectivity index (χ4v) is 2.70. The lowest BCUT2D eigenvalue weighted by Gasteiger charge is -2.43. The Morgan fingerprint density at radius 2 is 2.28 bits per heavy atom. The van der Waals surface area contributed by atoms with E-state index in [1.807, 2.05) is 6.92 Å². The van der Waals surface area contributed by atoms with Crippen molar-refractivity contribution < 1.29 is 19.0 Å². The predicted octanol–water partition coefficient (Wildman–Crippen LogP) is 2.21. The van der Waals surface area contributed by atoms with Crippen molar-refractivity contribution >= 4 is 5.78 Å². The van der Waals surface area contributed by atoms with Crippen LogP contribution in [0.2, 0.25) is 0 Å². The molecule has 0 unspecified atom stereocenters. The topological polar surface area (TPSA) is 44.8 Å². The van der Waals surface area contributed by atoms with Crippen molar-refractivity contribution in [2.24, 2.45) is 0 Å². The number of rotatable bonds is 1. The van der Waals surface area contributed by atoms with Gasteiger partial charge in [0, 0.05) is 6.61 Å². The summed E-state index contributed by atoms with van der Waals surface area (Å²) in [6.45, 7) is 2.57. The highest BCUT2D eigenvalue weighted by Crippen LogP contribution is 2.40. The zero-order chi connectivity index (χ0) is 12.8. The van der Waals surface area contributed by atoms with Crippen LogP contribution in [0.1, 0.15) is 30.1 Å². The smallest absolute Gasteiger partial charge is 0.199 e. The number of carbonyl (C=O) groups is 1. The fraction of sp³-hybridized carbons (Fsp3) is 0.500. The van der Waals surface area contributed by atoms with Crippen LogP contribution in [0.25, 0.3) is 0 Å². The Morgan fingerprint density at radius 3 is 3.06 bits per heavy atom. The summed E-state index contributed by atoms with van der Waals surface area (Å²) >= 11 is 0. The molecule has 1 aromatic rings. The molecule has 4 nitrogen and oxygen atoms in total. The van der Waals surface area contributed by atoms with Gasteiger partial charge in [0.1, 0.15) is 17.1 Å². The van der Waals surface area contributed by atoms with E-state index in [2.05, 4.69) is 0 Å². The maximum absolute atomic E-state index is 12.5. The molecule has 1 fully saturated rings. The molecular weight excluding hydrogens is 232 g/mol. The van der Waals surface area contributed by atoms with E-state index in [0.29, 0.717) is 23.7 Å². The third-order valence-corrected chi connectivity index (χ3v) is 3.69. The first-order valence-corrected chi connectivity index (χ1v) is 6.17. The lowest BCUT2D eigenvalue weighted by Crippen LogP contribution is -2.56. The third-order valence-electron chi connectivity index (χ3n) is 3.69. The molecule has 18 heavy (non-hydrogen) atoms. The number of carbonyl (C=O) groups excluding carboxylic acids is 1. The van der Waals surface area contributed by atoms with Crippen LogP contribution in [0.5, 0.6) is 11.5 Å². The van der Waals surface area contributed by atoms with Gasteiger partial charge >= 0.3 is 0 Å². The van der Waals surface area contributed by atoms with Crippen molar-refractivity contribution in [3.05, 3.63) is 23.8 Å². The molecule has 0 amide bonds. The van der Waals surface area contributed by atoms with Crippen LogP contribution >= 0.6 is 0 Å². The Hall–Kier alpha value is -1.55. The normalized spacial score (nSPS) is 30.1. The monoisotopic (exact) mass is 248 g/mol. The first-order valence-electron chi connectivity index (χ1n) is 6.17. The van der Waals surface area contributed by atoms with Crippen molar-refractivity contribution in [1.82, 2.24) is 0 Å². The number of hydrogen-bond donors (Lipinski definition) is 0. The lowest BCUT2D eigenvalue weighted by atomic mass is 9.83. The Bertz CT molecular complexity index is 497. The third kappa shape index (κ3) is 1.60. The van der Waals surface area contributed by atoms with Crippen LogP contribution in [-0.4, -0.2) is 31.2 Å². The van der Waals surface area contributed by atoms with Crippen LogP contribution in [0.4, 0.5) is 0 Å². The van der Waals surface area contributed by atoms with E-state index in [-0.39, 0.29) is 5.78 Å². The summed E-state index contributed by atoms with van der Waals surface area (Å²) in [6, 6.07) is 5.32. The van der Waals surface area contributed by atoms with E-state index in [1.54, 1.807) is 25.3 Å². The van der Waals surface area contributed by atoms with Gasteiger partial charge in [0.05, 0.1) is 12.7 Å². The van der Waals surface area contributed by atoms with E-state index in [4.69, 9.17) is 14.2 Å². The van der Waals surface area contributed by atoms with Gasteiger partial charge in [-0.05, 0) is 38.0 Å². The molecule has 1 saturated heterocycles. The maximum atomic E-state index is 12.5. The molecule has 0 N–H and O–H groups in total. The highest BCUT2D eigenvalue weighted by atomic mass is 16.6. The number of Topliss-reactive ketones (excluding diaryl/α,β-unsaturated/α-hetero) is 1. The minimum absolute atomic E-state index is 0.00245. The molecular formula is C14H16O4. The maximum Gasteiger partial charge on any atom is 0.199 e. The largest absolute Gasteiger partial charge is 0.497 e. The Morgan fingerprint density at radius 1 is 1.44 bits per heavy atom. The molecule has 96 valence electrons. The van der Waals surface area contributed by atoms with Crippen LogP contribution in [-0.2, 0) is 4.74 Å². The summed E-state index contributed by atoms with van der Waals surface area (Å²) in [7, 11) is 1.58. The average molecular weight is 248 g/mol. The first-order chi connectivity index (χ1) is 8.64. The number of hydrogen-bond acceptors (Lipinski definition) is 4. The van der Waals surface area contributed by atoms with E-state index in [9.17, 15) is 4.79 Å². The average Bonchev–Trinajstić information content (AvgIpc) is 2.38. The van der Waals surface area contributed by atoms with E-state index in [0.717, 1.165) is 12.8 Å². The molecule has 0 spiro atoms. The van der Waals surface area contributed by atoms with Gasteiger partial charge in [-0.3, -0.25) is 4.79 Å². The van der Waals surface area contributed by atoms with Gasteiger partial charge in [-0.15, -0.1) is 0 Å². The van der Waals surface area contributed by atoms with Crippen molar-refractivity contribution in [3.63, 3.8) is 0 Å². The molecule has 2 atom stereocenters. The Kier molecular flexibility index (Phi) is 2.55. The van der Waals surface area contributed by atoms with Gasteiger partial charge in [-0.2, -0.15) is 0 Å². The second kappa shape index (κ2) is 3.99. The number of benzene rings is 1. The molecule has 2 aliphatic rings. The van der Waals surface area contributed by atoms with Gasteiger partial charge in [-0.25, -0.2) is 0 Å². The van der Waals surface area contributed by atoms with Crippen molar-refractivity contribution in [3.8, 4) is 11.5 Å². The summed E-state index contributed by atoms with van der Waals surface area (Å²) in [6.07, 6.45) is 1.27. The van der Waals surface area contributed by atoms with Gasteiger partial charge < -0.3 is 14.2 Å². The SMILES string of the molecule is COc1ccc2c(c1)C(=O)[C@@H]1OCCC[C@]1(C)O2. The van der Waals surface area contributed by atoms with Gasteiger partial charge in [-0.1, -0.05) is 0 Å².